The van der Waals surface area contributed by atoms with Gasteiger partial charge in [-0.2, -0.15) is 0 Å². The molecule has 0 amide bonds. The fourth-order valence-electron chi connectivity index (χ4n) is 1.72. The van der Waals surface area contributed by atoms with Gasteiger partial charge in [0, 0.05) is 10.7 Å². The number of ether oxygens (including phenoxy) is 1. The van der Waals surface area contributed by atoms with Crippen LogP contribution >= 0.6 is 11.6 Å². The summed E-state index contributed by atoms with van der Waals surface area (Å²) < 4.78 is 5.28. The zero-order chi connectivity index (χ0) is 12.3. The number of aryl methyl sites for hydroxylation is 2. The van der Waals surface area contributed by atoms with Crippen molar-refractivity contribution in [2.24, 2.45) is 0 Å². The average molecular weight is 252 g/mol. The molecule has 2 rings (SSSR count). The Bertz CT molecular complexity index is 510. The van der Waals surface area contributed by atoms with Crippen LogP contribution in [0.2, 0.25) is 5.02 Å². The summed E-state index contributed by atoms with van der Waals surface area (Å²) in [5, 5.41) is 0.713. The fraction of sp³-hybridized carbons (Fsp3) is 0.250. The number of benzene rings is 1. The molecule has 0 saturated carbocycles. The molecule has 0 radical (unpaired) electrons. The van der Waals surface area contributed by atoms with Crippen LogP contribution in [0.4, 0.5) is 5.95 Å². The quantitative estimate of drug-likeness (QED) is 0.877. The molecule has 0 fully saturated rings. The Labute approximate surface area is 105 Å². The lowest BCUT2D eigenvalue weighted by Gasteiger charge is -2.08. The Morgan fingerprint density at radius 1 is 1.41 bits per heavy atom. The van der Waals surface area contributed by atoms with Crippen molar-refractivity contribution in [3.8, 4) is 5.75 Å². The zero-order valence-electron chi connectivity index (χ0n) is 9.53. The van der Waals surface area contributed by atoms with E-state index >= 15 is 0 Å². The summed E-state index contributed by atoms with van der Waals surface area (Å²) in [5.74, 6) is 1.29. The minimum atomic E-state index is 0.443. The minimum absolute atomic E-state index is 0.443. The molecule has 1 aromatic heterocycles. The van der Waals surface area contributed by atoms with Crippen LogP contribution in [0.5, 0.6) is 5.75 Å². The molecule has 0 aliphatic rings. The number of aromatic nitrogens is 2. The summed E-state index contributed by atoms with van der Waals surface area (Å²) >= 11 is 5.96. The van der Waals surface area contributed by atoms with Crippen LogP contribution in [0.15, 0.2) is 24.4 Å². The van der Waals surface area contributed by atoms with Gasteiger partial charge in [-0.05, 0) is 36.6 Å². The summed E-state index contributed by atoms with van der Waals surface area (Å²) in [6.07, 6.45) is 3.39. The number of methoxy groups -OCH3 is 1. The van der Waals surface area contributed by atoms with Gasteiger partial charge in [-0.15, -0.1) is 0 Å². The summed E-state index contributed by atoms with van der Waals surface area (Å²) in [4.78, 5) is 6.95. The molecule has 90 valence electrons. The van der Waals surface area contributed by atoms with Crippen LogP contribution in [-0.2, 0) is 12.8 Å². The number of nitrogens with zero attached hydrogens (tertiary/aromatic N) is 1. The van der Waals surface area contributed by atoms with Crippen LogP contribution in [0, 0.1) is 0 Å². The lowest BCUT2D eigenvalue weighted by atomic mass is 10.1. The molecule has 1 aromatic carbocycles. The molecule has 0 atom stereocenters. The van der Waals surface area contributed by atoms with Gasteiger partial charge in [0.1, 0.15) is 5.75 Å². The smallest absolute Gasteiger partial charge is 0.197 e. The first kappa shape index (κ1) is 11.8. The average Bonchev–Trinajstić information content (AvgIpc) is 2.73. The normalized spacial score (nSPS) is 10.5. The van der Waals surface area contributed by atoms with E-state index in [4.69, 9.17) is 22.1 Å². The van der Waals surface area contributed by atoms with Crippen molar-refractivity contribution < 1.29 is 4.74 Å². The van der Waals surface area contributed by atoms with E-state index in [9.17, 15) is 0 Å². The van der Waals surface area contributed by atoms with Crippen LogP contribution in [0.25, 0.3) is 0 Å². The Balaban J connectivity index is 2.10. The molecule has 5 heteroatoms. The third kappa shape index (κ3) is 2.91. The predicted molar refractivity (Wildman–Crippen MR) is 68.4 cm³/mol. The maximum Gasteiger partial charge on any atom is 0.197 e. The number of H-pyrrole nitrogens is 1. The standard InChI is InChI=1S/C12H14ClN3O/c1-17-11-5-3-9(13)6-8(11)2-4-10-7-15-12(14)16-10/h3,5-7H,2,4H2,1H3,(H3,14,15,16). The van der Waals surface area contributed by atoms with Crippen LogP contribution < -0.4 is 10.5 Å². The van der Waals surface area contributed by atoms with Crippen LogP contribution in [0.3, 0.4) is 0 Å². The van der Waals surface area contributed by atoms with Crippen molar-refractivity contribution in [3.05, 3.63) is 40.7 Å². The molecule has 1 heterocycles. The van der Waals surface area contributed by atoms with E-state index in [1.807, 2.05) is 18.2 Å². The number of anilines is 1. The van der Waals surface area contributed by atoms with Gasteiger partial charge in [-0.3, -0.25) is 0 Å². The number of halogens is 1. The molecule has 0 unspecified atom stereocenters. The molecule has 0 aliphatic carbocycles. The summed E-state index contributed by atoms with van der Waals surface area (Å²) in [7, 11) is 1.65. The lowest BCUT2D eigenvalue weighted by molar-refractivity contribution is 0.409. The van der Waals surface area contributed by atoms with E-state index in [1.165, 1.54) is 0 Å². The highest BCUT2D eigenvalue weighted by Crippen LogP contribution is 2.23. The van der Waals surface area contributed by atoms with E-state index in [0.29, 0.717) is 11.0 Å². The van der Waals surface area contributed by atoms with Gasteiger partial charge in [-0.25, -0.2) is 4.98 Å². The maximum absolute atomic E-state index is 5.96. The number of hydrogen-bond donors (Lipinski definition) is 2. The Kier molecular flexibility index (Phi) is 3.54. The van der Waals surface area contributed by atoms with Gasteiger partial charge >= 0.3 is 0 Å². The highest BCUT2D eigenvalue weighted by atomic mass is 35.5. The van der Waals surface area contributed by atoms with Crippen LogP contribution in [-0.4, -0.2) is 17.1 Å². The van der Waals surface area contributed by atoms with Gasteiger partial charge in [0.2, 0.25) is 0 Å². The number of hydrogen-bond acceptors (Lipinski definition) is 3. The monoisotopic (exact) mass is 251 g/mol. The molecule has 0 aliphatic heterocycles. The Morgan fingerprint density at radius 3 is 2.88 bits per heavy atom. The third-order valence-electron chi connectivity index (χ3n) is 2.55. The van der Waals surface area contributed by atoms with Crippen molar-refractivity contribution in [2.75, 3.05) is 12.8 Å². The molecule has 17 heavy (non-hydrogen) atoms. The first-order chi connectivity index (χ1) is 8.19. The van der Waals surface area contributed by atoms with E-state index in [0.717, 1.165) is 29.8 Å². The van der Waals surface area contributed by atoms with Gasteiger partial charge in [0.15, 0.2) is 5.95 Å². The predicted octanol–water partition coefficient (Wildman–Crippen LogP) is 2.44. The Hall–Kier alpha value is -1.68. The van der Waals surface area contributed by atoms with Gasteiger partial charge in [-0.1, -0.05) is 11.6 Å². The van der Waals surface area contributed by atoms with Crippen molar-refractivity contribution in [1.29, 1.82) is 0 Å². The molecular weight excluding hydrogens is 238 g/mol. The van der Waals surface area contributed by atoms with Gasteiger partial charge < -0.3 is 15.5 Å². The molecular formula is C12H14ClN3O. The molecule has 0 bridgehead atoms. The molecule has 0 spiro atoms. The third-order valence-corrected chi connectivity index (χ3v) is 2.79. The van der Waals surface area contributed by atoms with E-state index < -0.39 is 0 Å². The minimum Gasteiger partial charge on any atom is -0.496 e. The lowest BCUT2D eigenvalue weighted by Crippen LogP contribution is -1.96. The van der Waals surface area contributed by atoms with E-state index in [1.54, 1.807) is 13.3 Å². The SMILES string of the molecule is COc1ccc(Cl)cc1CCc1cnc(N)[nH]1. The number of nitrogens with two attached hydrogens (primary N) is 1. The first-order valence-electron chi connectivity index (χ1n) is 5.31. The summed E-state index contributed by atoms with van der Waals surface area (Å²) in [6, 6.07) is 5.61. The van der Waals surface area contributed by atoms with Crippen LogP contribution in [0.1, 0.15) is 11.3 Å². The number of imidazole rings is 1. The van der Waals surface area contributed by atoms with Gasteiger partial charge in [0.05, 0.1) is 13.3 Å². The molecule has 3 N–H and O–H groups in total. The zero-order valence-corrected chi connectivity index (χ0v) is 10.3. The number of aromatic amines is 1. The molecule has 0 saturated heterocycles. The summed E-state index contributed by atoms with van der Waals surface area (Å²) in [6.45, 7) is 0. The highest BCUT2D eigenvalue weighted by molar-refractivity contribution is 6.30. The van der Waals surface area contributed by atoms with Crippen molar-refractivity contribution in [2.45, 2.75) is 12.8 Å². The maximum atomic E-state index is 5.96. The topological polar surface area (TPSA) is 63.9 Å². The van der Waals surface area contributed by atoms with Crippen molar-refractivity contribution in [1.82, 2.24) is 9.97 Å². The number of nitrogen functional groups attached to an aromatic ring is 1. The largest absolute Gasteiger partial charge is 0.496 e. The highest BCUT2D eigenvalue weighted by Gasteiger charge is 2.05. The number of rotatable bonds is 4. The van der Waals surface area contributed by atoms with E-state index in [2.05, 4.69) is 9.97 Å². The summed E-state index contributed by atoms with van der Waals surface area (Å²) in [5.41, 5.74) is 7.60. The van der Waals surface area contributed by atoms with E-state index in [-0.39, 0.29) is 0 Å². The first-order valence-corrected chi connectivity index (χ1v) is 5.68. The molecule has 2 aromatic rings. The number of nitrogens with one attached hydrogen (secondary N) is 1. The van der Waals surface area contributed by atoms with Gasteiger partial charge in [0.25, 0.3) is 0 Å². The van der Waals surface area contributed by atoms with Crippen molar-refractivity contribution in [3.63, 3.8) is 0 Å². The second-order valence-electron chi connectivity index (χ2n) is 3.75. The molecule has 4 nitrogen and oxygen atoms in total. The Morgan fingerprint density at radius 2 is 2.24 bits per heavy atom. The van der Waals surface area contributed by atoms with Crippen molar-refractivity contribution >= 4 is 17.5 Å². The second-order valence-corrected chi connectivity index (χ2v) is 4.19. The fourth-order valence-corrected chi connectivity index (χ4v) is 1.91. The second kappa shape index (κ2) is 5.10.